The van der Waals surface area contributed by atoms with E-state index in [2.05, 4.69) is 13.0 Å². The normalized spacial score (nSPS) is 27.8. The van der Waals surface area contributed by atoms with Gasteiger partial charge in [-0.15, -0.1) is 0 Å². The summed E-state index contributed by atoms with van der Waals surface area (Å²) in [6.07, 6.45) is 10.5. The first-order chi connectivity index (χ1) is 6.17. The fourth-order valence-electron chi connectivity index (χ4n) is 2.02. The molecule has 0 aromatic carbocycles. The Balaban J connectivity index is 2.21. The highest BCUT2D eigenvalue weighted by atomic mass is 16.3. The third-order valence-electron chi connectivity index (χ3n) is 3.01. The van der Waals surface area contributed by atoms with E-state index in [4.69, 9.17) is 0 Å². The summed E-state index contributed by atoms with van der Waals surface area (Å²) in [6.45, 7) is 4.18. The van der Waals surface area contributed by atoms with Gasteiger partial charge in [-0.3, -0.25) is 0 Å². The van der Waals surface area contributed by atoms with Crippen molar-refractivity contribution in [3.05, 3.63) is 11.6 Å². The van der Waals surface area contributed by atoms with Crippen LogP contribution in [0.15, 0.2) is 11.6 Å². The molecule has 0 aromatic heterocycles. The predicted molar refractivity (Wildman–Crippen MR) is 56.7 cm³/mol. The van der Waals surface area contributed by atoms with Gasteiger partial charge in [0.25, 0.3) is 0 Å². The molecule has 0 radical (unpaired) electrons. The summed E-state index contributed by atoms with van der Waals surface area (Å²) in [4.78, 5) is 0. The van der Waals surface area contributed by atoms with Crippen molar-refractivity contribution in [1.29, 1.82) is 0 Å². The van der Waals surface area contributed by atoms with Crippen LogP contribution in [0.5, 0.6) is 0 Å². The van der Waals surface area contributed by atoms with Crippen molar-refractivity contribution in [2.75, 3.05) is 0 Å². The van der Waals surface area contributed by atoms with Crippen LogP contribution in [0, 0.1) is 0 Å². The molecule has 0 saturated carbocycles. The SMILES string of the molecule is CCCCCCC1=CCCC1(C)O. The van der Waals surface area contributed by atoms with Gasteiger partial charge in [-0.05, 0) is 38.2 Å². The molecular formula is C12H22O. The van der Waals surface area contributed by atoms with E-state index in [1.807, 2.05) is 6.92 Å². The van der Waals surface area contributed by atoms with Gasteiger partial charge < -0.3 is 5.11 Å². The molecule has 1 nitrogen and oxygen atoms in total. The molecule has 0 spiro atoms. The lowest BCUT2D eigenvalue weighted by molar-refractivity contribution is 0.0960. The zero-order valence-electron chi connectivity index (χ0n) is 8.97. The Morgan fingerprint density at radius 1 is 1.38 bits per heavy atom. The van der Waals surface area contributed by atoms with E-state index >= 15 is 0 Å². The summed E-state index contributed by atoms with van der Waals surface area (Å²) in [5.41, 5.74) is 0.801. The standard InChI is InChI=1S/C12H22O/c1-3-4-5-6-8-11-9-7-10-12(11,2)13/h9,13H,3-8,10H2,1-2H3. The molecule has 1 aliphatic rings. The summed E-state index contributed by atoms with van der Waals surface area (Å²) in [6, 6.07) is 0. The maximum Gasteiger partial charge on any atom is 0.0831 e. The topological polar surface area (TPSA) is 20.2 Å². The number of hydrogen-bond donors (Lipinski definition) is 1. The fraction of sp³-hybridized carbons (Fsp3) is 0.833. The minimum Gasteiger partial charge on any atom is -0.386 e. The molecule has 1 N–H and O–H groups in total. The van der Waals surface area contributed by atoms with Crippen molar-refractivity contribution in [3.63, 3.8) is 0 Å². The van der Waals surface area contributed by atoms with Crippen LogP contribution in [0.2, 0.25) is 0 Å². The molecule has 0 heterocycles. The van der Waals surface area contributed by atoms with E-state index in [9.17, 15) is 5.11 Å². The number of allylic oxidation sites excluding steroid dienone is 1. The van der Waals surface area contributed by atoms with Crippen molar-refractivity contribution in [2.24, 2.45) is 0 Å². The second kappa shape index (κ2) is 4.80. The number of aliphatic hydroxyl groups is 1. The second-order valence-corrected chi connectivity index (χ2v) is 4.35. The minimum atomic E-state index is -0.480. The molecule has 0 amide bonds. The van der Waals surface area contributed by atoms with Gasteiger partial charge in [-0.25, -0.2) is 0 Å². The van der Waals surface area contributed by atoms with Crippen molar-refractivity contribution < 1.29 is 5.11 Å². The van der Waals surface area contributed by atoms with Crippen LogP contribution in [0.25, 0.3) is 0 Å². The molecule has 0 saturated heterocycles. The Labute approximate surface area is 81.9 Å². The molecule has 76 valence electrons. The molecule has 0 fully saturated rings. The zero-order valence-corrected chi connectivity index (χ0v) is 8.97. The molecular weight excluding hydrogens is 160 g/mol. The average Bonchev–Trinajstić information content (AvgIpc) is 2.40. The predicted octanol–water partition coefficient (Wildman–Crippen LogP) is 3.43. The summed E-state index contributed by atoms with van der Waals surface area (Å²) >= 11 is 0. The Hall–Kier alpha value is -0.300. The van der Waals surface area contributed by atoms with E-state index in [1.54, 1.807) is 0 Å². The Kier molecular flexibility index (Phi) is 3.98. The van der Waals surface area contributed by atoms with Gasteiger partial charge >= 0.3 is 0 Å². The van der Waals surface area contributed by atoms with Gasteiger partial charge in [0.15, 0.2) is 0 Å². The Bertz CT molecular complexity index is 180. The zero-order chi connectivity index (χ0) is 9.73. The molecule has 0 aliphatic heterocycles. The third kappa shape index (κ3) is 3.15. The fourth-order valence-corrected chi connectivity index (χ4v) is 2.02. The summed E-state index contributed by atoms with van der Waals surface area (Å²) < 4.78 is 0. The largest absolute Gasteiger partial charge is 0.386 e. The number of rotatable bonds is 5. The first-order valence-corrected chi connectivity index (χ1v) is 5.58. The lowest BCUT2D eigenvalue weighted by Gasteiger charge is -2.20. The minimum absolute atomic E-state index is 0.480. The Morgan fingerprint density at radius 3 is 2.69 bits per heavy atom. The van der Waals surface area contributed by atoms with E-state index in [0.29, 0.717) is 0 Å². The van der Waals surface area contributed by atoms with Gasteiger partial charge in [0, 0.05) is 0 Å². The molecule has 0 aromatic rings. The third-order valence-corrected chi connectivity index (χ3v) is 3.01. The highest BCUT2D eigenvalue weighted by Crippen LogP contribution is 2.33. The van der Waals surface area contributed by atoms with Crippen LogP contribution in [-0.4, -0.2) is 10.7 Å². The van der Waals surface area contributed by atoms with Crippen LogP contribution in [-0.2, 0) is 0 Å². The summed E-state index contributed by atoms with van der Waals surface area (Å²) in [5.74, 6) is 0. The first kappa shape index (κ1) is 10.8. The van der Waals surface area contributed by atoms with Crippen molar-refractivity contribution in [2.45, 2.75) is 64.4 Å². The van der Waals surface area contributed by atoms with Crippen LogP contribution in [0.1, 0.15) is 58.8 Å². The van der Waals surface area contributed by atoms with Crippen molar-refractivity contribution >= 4 is 0 Å². The van der Waals surface area contributed by atoms with Crippen molar-refractivity contribution in [1.82, 2.24) is 0 Å². The van der Waals surface area contributed by atoms with E-state index < -0.39 is 5.60 Å². The number of unbranched alkanes of at least 4 members (excludes halogenated alkanes) is 3. The maximum absolute atomic E-state index is 9.94. The molecule has 1 aliphatic carbocycles. The van der Waals surface area contributed by atoms with Crippen molar-refractivity contribution in [3.8, 4) is 0 Å². The van der Waals surface area contributed by atoms with Crippen LogP contribution >= 0.6 is 0 Å². The van der Waals surface area contributed by atoms with Gasteiger partial charge in [0.05, 0.1) is 5.60 Å². The van der Waals surface area contributed by atoms with Crippen LogP contribution < -0.4 is 0 Å². The first-order valence-electron chi connectivity index (χ1n) is 5.58. The highest BCUT2D eigenvalue weighted by Gasteiger charge is 2.28. The van der Waals surface area contributed by atoms with Gasteiger partial charge in [0.2, 0.25) is 0 Å². The van der Waals surface area contributed by atoms with Crippen LogP contribution in [0.4, 0.5) is 0 Å². The number of hydrogen-bond acceptors (Lipinski definition) is 1. The van der Waals surface area contributed by atoms with Gasteiger partial charge in [-0.2, -0.15) is 0 Å². The molecule has 1 heteroatoms. The highest BCUT2D eigenvalue weighted by molar-refractivity contribution is 5.20. The lowest BCUT2D eigenvalue weighted by Crippen LogP contribution is -2.22. The molecule has 1 rings (SSSR count). The smallest absolute Gasteiger partial charge is 0.0831 e. The molecule has 0 bridgehead atoms. The summed E-state index contributed by atoms with van der Waals surface area (Å²) in [7, 11) is 0. The molecule has 1 unspecified atom stereocenters. The molecule has 1 atom stereocenters. The average molecular weight is 182 g/mol. The van der Waals surface area contributed by atoms with Crippen LogP contribution in [0.3, 0.4) is 0 Å². The van der Waals surface area contributed by atoms with Gasteiger partial charge in [0.1, 0.15) is 0 Å². The van der Waals surface area contributed by atoms with E-state index in [-0.39, 0.29) is 0 Å². The maximum atomic E-state index is 9.94. The monoisotopic (exact) mass is 182 g/mol. The van der Waals surface area contributed by atoms with Gasteiger partial charge in [-0.1, -0.05) is 32.3 Å². The quantitative estimate of drug-likeness (QED) is 0.510. The van der Waals surface area contributed by atoms with E-state index in [1.165, 1.54) is 31.3 Å². The lowest BCUT2D eigenvalue weighted by atomic mass is 9.94. The summed E-state index contributed by atoms with van der Waals surface area (Å²) in [5, 5.41) is 9.94. The van der Waals surface area contributed by atoms with E-state index in [0.717, 1.165) is 19.3 Å². The molecule has 13 heavy (non-hydrogen) atoms. The Morgan fingerprint density at radius 2 is 2.15 bits per heavy atom. The second-order valence-electron chi connectivity index (χ2n) is 4.35.